The molecule has 0 saturated heterocycles. The third-order valence-corrected chi connectivity index (χ3v) is 1.85. The molecular weight excluding hydrogens is 174 g/mol. The molecule has 0 aromatic rings. The first-order valence-corrected chi connectivity index (χ1v) is 4.97. The molecule has 0 fully saturated rings. The van der Waals surface area contributed by atoms with Crippen LogP contribution in [0.2, 0.25) is 0 Å². The van der Waals surface area contributed by atoms with Gasteiger partial charge >= 0.3 is 0 Å². The van der Waals surface area contributed by atoms with Crippen LogP contribution in [0.15, 0.2) is 33.8 Å². The number of aliphatic imine (C=N–C) groups is 2. The molecule has 14 heavy (non-hydrogen) atoms. The molecule has 0 spiro atoms. The summed E-state index contributed by atoms with van der Waals surface area (Å²) >= 11 is 0. The summed E-state index contributed by atoms with van der Waals surface area (Å²) in [6.45, 7) is 6.09. The fraction of sp³-hybridized carbons (Fsp3) is 0.455. The molecule has 0 amide bonds. The summed E-state index contributed by atoms with van der Waals surface area (Å²) in [5, 5.41) is 3.06. The van der Waals surface area contributed by atoms with Crippen molar-refractivity contribution in [3.05, 3.63) is 23.8 Å². The zero-order valence-electron chi connectivity index (χ0n) is 8.99. The van der Waals surface area contributed by atoms with E-state index in [4.69, 9.17) is 0 Å². The van der Waals surface area contributed by atoms with Gasteiger partial charge in [-0.1, -0.05) is 25.2 Å². The number of nitrogens with one attached hydrogen (secondary N) is 1. The van der Waals surface area contributed by atoms with E-state index in [1.54, 1.807) is 6.34 Å². The lowest BCUT2D eigenvalue weighted by molar-refractivity contribution is 0.778. The van der Waals surface area contributed by atoms with E-state index in [1.807, 2.05) is 19.9 Å². The Bertz CT molecular complexity index is 298. The average molecular weight is 191 g/mol. The van der Waals surface area contributed by atoms with Crippen molar-refractivity contribution in [2.24, 2.45) is 9.98 Å². The summed E-state index contributed by atoms with van der Waals surface area (Å²) in [4.78, 5) is 8.52. The summed E-state index contributed by atoms with van der Waals surface area (Å²) in [7, 11) is 0. The highest BCUT2D eigenvalue weighted by molar-refractivity contribution is 6.06. The molecular formula is C11H17N3. The molecule has 0 aromatic heterocycles. The zero-order chi connectivity index (χ0) is 10.4. The van der Waals surface area contributed by atoms with E-state index in [9.17, 15) is 0 Å². The lowest BCUT2D eigenvalue weighted by atomic mass is 10.2. The van der Waals surface area contributed by atoms with E-state index in [-0.39, 0.29) is 6.17 Å². The highest BCUT2D eigenvalue weighted by Gasteiger charge is 2.07. The summed E-state index contributed by atoms with van der Waals surface area (Å²) in [6.07, 6.45) is 8.96. The van der Waals surface area contributed by atoms with E-state index in [1.165, 1.54) is 0 Å². The number of amidine groups is 1. The molecule has 0 aliphatic carbocycles. The molecule has 1 N–H and O–H groups in total. The molecule has 1 unspecified atom stereocenters. The van der Waals surface area contributed by atoms with Crippen LogP contribution in [0, 0.1) is 0 Å². The van der Waals surface area contributed by atoms with Crippen LogP contribution in [-0.2, 0) is 0 Å². The van der Waals surface area contributed by atoms with Crippen molar-refractivity contribution in [1.29, 1.82) is 0 Å². The quantitative estimate of drug-likeness (QED) is 0.683. The fourth-order valence-corrected chi connectivity index (χ4v) is 1.26. The van der Waals surface area contributed by atoms with Crippen LogP contribution in [0.1, 0.15) is 27.2 Å². The second-order valence-corrected chi connectivity index (χ2v) is 3.10. The topological polar surface area (TPSA) is 36.8 Å². The average Bonchev–Trinajstić information content (AvgIpc) is 2.17. The molecule has 3 nitrogen and oxygen atoms in total. The summed E-state index contributed by atoms with van der Waals surface area (Å²) < 4.78 is 0. The normalized spacial score (nSPS) is 22.4. The molecule has 1 atom stereocenters. The van der Waals surface area contributed by atoms with Crippen LogP contribution in [0.4, 0.5) is 0 Å². The lowest BCUT2D eigenvalue weighted by Gasteiger charge is -2.13. The highest BCUT2D eigenvalue weighted by Crippen LogP contribution is 2.05. The largest absolute Gasteiger partial charge is 0.331 e. The number of rotatable bonds is 3. The summed E-state index contributed by atoms with van der Waals surface area (Å²) in [5.74, 6) is 0.910. The summed E-state index contributed by atoms with van der Waals surface area (Å²) in [6, 6.07) is 0. The monoisotopic (exact) mass is 191 g/mol. The first-order chi connectivity index (χ1) is 6.77. The molecule has 0 aromatic carbocycles. The van der Waals surface area contributed by atoms with E-state index >= 15 is 0 Å². The van der Waals surface area contributed by atoms with E-state index in [2.05, 4.69) is 34.4 Å². The van der Waals surface area contributed by atoms with Gasteiger partial charge in [-0.25, -0.2) is 9.98 Å². The molecule has 1 aliphatic rings. The fourth-order valence-electron chi connectivity index (χ4n) is 1.26. The molecule has 76 valence electrons. The predicted molar refractivity (Wildman–Crippen MR) is 61.7 cm³/mol. The Hall–Kier alpha value is -1.38. The van der Waals surface area contributed by atoms with Crippen LogP contribution in [0.5, 0.6) is 0 Å². The van der Waals surface area contributed by atoms with Crippen LogP contribution >= 0.6 is 0 Å². The molecule has 1 aliphatic heterocycles. The minimum atomic E-state index is 0.0248. The molecule has 1 heterocycles. The van der Waals surface area contributed by atoms with Crippen LogP contribution in [-0.4, -0.2) is 18.3 Å². The first-order valence-electron chi connectivity index (χ1n) is 4.97. The minimum Gasteiger partial charge on any atom is -0.331 e. The van der Waals surface area contributed by atoms with Crippen LogP contribution < -0.4 is 5.32 Å². The third kappa shape index (κ3) is 2.83. The standard InChI is InChI=1S/C11H17N3/c1-4-6-10(7-5-2)11-13-8-12-9(3)14-11/h4,6-9H,5H2,1-3H3,(H,12,13,14)/b6-4-,10-7+. The minimum absolute atomic E-state index is 0.0248. The SMILES string of the molecule is C/C=C\C(=C/CC)C1=NC(C)N=CN1. The maximum Gasteiger partial charge on any atom is 0.140 e. The summed E-state index contributed by atoms with van der Waals surface area (Å²) in [5.41, 5.74) is 1.13. The van der Waals surface area contributed by atoms with Gasteiger partial charge in [0.05, 0.1) is 6.34 Å². The molecule has 0 bridgehead atoms. The van der Waals surface area contributed by atoms with Crippen molar-refractivity contribution in [2.75, 3.05) is 0 Å². The first kappa shape index (κ1) is 10.7. The molecule has 1 rings (SSSR count). The predicted octanol–water partition coefficient (Wildman–Crippen LogP) is 2.27. The van der Waals surface area contributed by atoms with Crippen LogP contribution in [0.25, 0.3) is 0 Å². The van der Waals surface area contributed by atoms with Gasteiger partial charge in [0.25, 0.3) is 0 Å². The Morgan fingerprint density at radius 2 is 2.43 bits per heavy atom. The third-order valence-electron chi connectivity index (χ3n) is 1.85. The van der Waals surface area contributed by atoms with Gasteiger partial charge in [0.2, 0.25) is 0 Å². The number of nitrogens with zero attached hydrogens (tertiary/aromatic N) is 2. The van der Waals surface area contributed by atoms with E-state index in [0.717, 1.165) is 17.8 Å². The van der Waals surface area contributed by atoms with Crippen molar-refractivity contribution >= 4 is 12.2 Å². The highest BCUT2D eigenvalue weighted by atomic mass is 15.1. The van der Waals surface area contributed by atoms with Gasteiger partial charge in [-0.05, 0) is 20.3 Å². The van der Waals surface area contributed by atoms with Gasteiger partial charge in [0.1, 0.15) is 12.0 Å². The van der Waals surface area contributed by atoms with Crippen molar-refractivity contribution in [3.8, 4) is 0 Å². The Balaban J connectivity index is 2.84. The second kappa shape index (κ2) is 5.37. The van der Waals surface area contributed by atoms with Crippen molar-refractivity contribution in [1.82, 2.24) is 5.32 Å². The zero-order valence-corrected chi connectivity index (χ0v) is 8.99. The van der Waals surface area contributed by atoms with Gasteiger partial charge in [0.15, 0.2) is 0 Å². The van der Waals surface area contributed by atoms with Crippen LogP contribution in [0.3, 0.4) is 0 Å². The number of hydrogen-bond donors (Lipinski definition) is 1. The smallest absolute Gasteiger partial charge is 0.140 e. The van der Waals surface area contributed by atoms with Gasteiger partial charge in [0, 0.05) is 5.57 Å². The van der Waals surface area contributed by atoms with Gasteiger partial charge in [-0.3, -0.25) is 0 Å². The maximum absolute atomic E-state index is 4.41. The van der Waals surface area contributed by atoms with Gasteiger partial charge in [-0.15, -0.1) is 0 Å². The van der Waals surface area contributed by atoms with Crippen molar-refractivity contribution in [2.45, 2.75) is 33.4 Å². The number of hydrogen-bond acceptors (Lipinski definition) is 3. The van der Waals surface area contributed by atoms with E-state index in [0.29, 0.717) is 0 Å². The second-order valence-electron chi connectivity index (χ2n) is 3.10. The Morgan fingerprint density at radius 3 is 3.00 bits per heavy atom. The molecule has 0 radical (unpaired) electrons. The Kier molecular flexibility index (Phi) is 4.11. The van der Waals surface area contributed by atoms with Crippen molar-refractivity contribution < 1.29 is 0 Å². The maximum atomic E-state index is 4.41. The van der Waals surface area contributed by atoms with E-state index < -0.39 is 0 Å². The number of allylic oxidation sites excluding steroid dienone is 2. The Labute approximate surface area is 85.3 Å². The van der Waals surface area contributed by atoms with Gasteiger partial charge in [-0.2, -0.15) is 0 Å². The Morgan fingerprint density at radius 1 is 1.64 bits per heavy atom. The van der Waals surface area contributed by atoms with Crippen molar-refractivity contribution in [3.63, 3.8) is 0 Å². The molecule has 3 heteroatoms. The lowest BCUT2D eigenvalue weighted by Crippen LogP contribution is -2.28. The van der Waals surface area contributed by atoms with Gasteiger partial charge < -0.3 is 5.32 Å². The molecule has 0 saturated carbocycles.